The SMILES string of the molecule is FC(F)(F)Oc1ccc(CN2CCN(CC3CCCO3)CC2)cc1. The van der Waals surface area contributed by atoms with Crippen LogP contribution in [-0.4, -0.2) is 61.6 Å². The van der Waals surface area contributed by atoms with Gasteiger partial charge in [0.05, 0.1) is 6.10 Å². The van der Waals surface area contributed by atoms with Crippen LogP contribution in [0.3, 0.4) is 0 Å². The maximum absolute atomic E-state index is 12.2. The Bertz CT molecular complexity index is 508. The maximum atomic E-state index is 12.2. The largest absolute Gasteiger partial charge is 0.573 e. The quantitative estimate of drug-likeness (QED) is 0.820. The Morgan fingerprint density at radius 3 is 2.29 bits per heavy atom. The third-order valence-electron chi connectivity index (χ3n) is 4.51. The van der Waals surface area contributed by atoms with E-state index in [4.69, 9.17) is 4.74 Å². The average molecular weight is 344 g/mol. The lowest BCUT2D eigenvalue weighted by Crippen LogP contribution is -2.48. The van der Waals surface area contributed by atoms with E-state index >= 15 is 0 Å². The van der Waals surface area contributed by atoms with Crippen molar-refractivity contribution in [3.05, 3.63) is 29.8 Å². The molecule has 2 aliphatic heterocycles. The zero-order valence-electron chi connectivity index (χ0n) is 13.6. The van der Waals surface area contributed by atoms with Crippen LogP contribution in [0.5, 0.6) is 5.75 Å². The molecule has 4 nitrogen and oxygen atoms in total. The highest BCUT2D eigenvalue weighted by Crippen LogP contribution is 2.23. The predicted octanol–water partition coefficient (Wildman–Crippen LogP) is 2.88. The minimum absolute atomic E-state index is 0.173. The van der Waals surface area contributed by atoms with E-state index in [0.29, 0.717) is 6.10 Å². The predicted molar refractivity (Wildman–Crippen MR) is 83.8 cm³/mol. The number of halogens is 3. The Morgan fingerprint density at radius 1 is 1.04 bits per heavy atom. The molecule has 2 aliphatic rings. The van der Waals surface area contributed by atoms with E-state index in [1.54, 1.807) is 12.1 Å². The van der Waals surface area contributed by atoms with E-state index in [-0.39, 0.29) is 5.75 Å². The summed E-state index contributed by atoms with van der Waals surface area (Å²) in [5, 5.41) is 0. The van der Waals surface area contributed by atoms with Crippen LogP contribution in [0.15, 0.2) is 24.3 Å². The van der Waals surface area contributed by atoms with Crippen molar-refractivity contribution in [2.75, 3.05) is 39.3 Å². The summed E-state index contributed by atoms with van der Waals surface area (Å²) in [4.78, 5) is 4.76. The number of piperazine rings is 1. The fraction of sp³-hybridized carbons (Fsp3) is 0.647. The first kappa shape index (κ1) is 17.5. The normalized spacial score (nSPS) is 23.5. The fourth-order valence-electron chi connectivity index (χ4n) is 3.26. The zero-order chi connectivity index (χ0) is 17.0. The number of benzene rings is 1. The van der Waals surface area contributed by atoms with Crippen molar-refractivity contribution in [2.45, 2.75) is 31.9 Å². The van der Waals surface area contributed by atoms with E-state index in [1.165, 1.54) is 18.6 Å². The maximum Gasteiger partial charge on any atom is 0.573 e. The molecule has 1 aromatic rings. The van der Waals surface area contributed by atoms with Crippen LogP contribution in [-0.2, 0) is 11.3 Å². The Hall–Kier alpha value is -1.31. The average Bonchev–Trinajstić information content (AvgIpc) is 3.03. The molecule has 1 aromatic carbocycles. The van der Waals surface area contributed by atoms with Gasteiger partial charge < -0.3 is 9.47 Å². The molecule has 2 fully saturated rings. The van der Waals surface area contributed by atoms with Gasteiger partial charge in [-0.25, -0.2) is 0 Å². The van der Waals surface area contributed by atoms with Crippen LogP contribution < -0.4 is 4.74 Å². The second-order valence-corrected chi connectivity index (χ2v) is 6.40. The Labute approximate surface area is 140 Å². The number of hydrogen-bond donors (Lipinski definition) is 0. The monoisotopic (exact) mass is 344 g/mol. The molecule has 0 aliphatic carbocycles. The molecule has 0 bridgehead atoms. The molecule has 2 saturated heterocycles. The molecule has 0 saturated carbocycles. The first-order chi connectivity index (χ1) is 11.5. The van der Waals surface area contributed by atoms with Gasteiger partial charge in [-0.15, -0.1) is 13.2 Å². The fourth-order valence-corrected chi connectivity index (χ4v) is 3.26. The van der Waals surface area contributed by atoms with Gasteiger partial charge in [0.25, 0.3) is 0 Å². The Morgan fingerprint density at radius 2 is 1.71 bits per heavy atom. The van der Waals surface area contributed by atoms with E-state index in [1.807, 2.05) is 0 Å². The van der Waals surface area contributed by atoms with Crippen LogP contribution >= 0.6 is 0 Å². The van der Waals surface area contributed by atoms with Gasteiger partial charge in [0, 0.05) is 45.9 Å². The lowest BCUT2D eigenvalue weighted by molar-refractivity contribution is -0.274. The van der Waals surface area contributed by atoms with Gasteiger partial charge >= 0.3 is 6.36 Å². The first-order valence-corrected chi connectivity index (χ1v) is 8.39. The van der Waals surface area contributed by atoms with Crippen molar-refractivity contribution in [2.24, 2.45) is 0 Å². The molecule has 3 rings (SSSR count). The molecule has 1 unspecified atom stereocenters. The summed E-state index contributed by atoms with van der Waals surface area (Å²) in [7, 11) is 0. The van der Waals surface area contributed by atoms with Crippen LogP contribution in [0.4, 0.5) is 13.2 Å². The summed E-state index contributed by atoms with van der Waals surface area (Å²) in [6.07, 6.45) is -1.93. The van der Waals surface area contributed by atoms with Crippen LogP contribution in [0.1, 0.15) is 18.4 Å². The topological polar surface area (TPSA) is 24.9 Å². The molecule has 0 radical (unpaired) electrons. The molecule has 0 amide bonds. The Kier molecular flexibility index (Phi) is 5.63. The molecule has 0 aromatic heterocycles. The third-order valence-corrected chi connectivity index (χ3v) is 4.51. The molecule has 1 atom stereocenters. The number of rotatable bonds is 5. The van der Waals surface area contributed by atoms with Crippen LogP contribution in [0.2, 0.25) is 0 Å². The third kappa shape index (κ3) is 5.36. The van der Waals surface area contributed by atoms with Gasteiger partial charge in [-0.05, 0) is 30.5 Å². The molecule has 7 heteroatoms. The number of nitrogens with zero attached hydrogens (tertiary/aromatic N) is 2. The second kappa shape index (κ2) is 7.72. The smallest absolute Gasteiger partial charge is 0.406 e. The van der Waals surface area contributed by atoms with Gasteiger partial charge in [-0.3, -0.25) is 9.80 Å². The van der Waals surface area contributed by atoms with Crippen LogP contribution in [0.25, 0.3) is 0 Å². The van der Waals surface area contributed by atoms with E-state index < -0.39 is 6.36 Å². The number of hydrogen-bond acceptors (Lipinski definition) is 4. The first-order valence-electron chi connectivity index (χ1n) is 8.39. The van der Waals surface area contributed by atoms with Crippen molar-refractivity contribution in [3.8, 4) is 5.75 Å². The van der Waals surface area contributed by atoms with Gasteiger partial charge in [-0.1, -0.05) is 12.1 Å². The molecule has 0 spiro atoms. The van der Waals surface area contributed by atoms with Gasteiger partial charge in [0.2, 0.25) is 0 Å². The summed E-state index contributed by atoms with van der Waals surface area (Å²) in [5.41, 5.74) is 0.997. The van der Waals surface area contributed by atoms with Gasteiger partial charge in [0.15, 0.2) is 0 Å². The van der Waals surface area contributed by atoms with Gasteiger partial charge in [-0.2, -0.15) is 0 Å². The van der Waals surface area contributed by atoms with E-state index in [2.05, 4.69) is 14.5 Å². The van der Waals surface area contributed by atoms with Crippen molar-refractivity contribution in [3.63, 3.8) is 0 Å². The molecule has 24 heavy (non-hydrogen) atoms. The number of alkyl halides is 3. The van der Waals surface area contributed by atoms with E-state index in [0.717, 1.165) is 57.9 Å². The summed E-state index contributed by atoms with van der Waals surface area (Å²) < 4.78 is 46.0. The highest BCUT2D eigenvalue weighted by molar-refractivity contribution is 5.27. The molecular formula is C17H23F3N2O2. The van der Waals surface area contributed by atoms with Gasteiger partial charge in [0.1, 0.15) is 5.75 Å². The lowest BCUT2D eigenvalue weighted by Gasteiger charge is -2.35. The van der Waals surface area contributed by atoms with E-state index in [9.17, 15) is 13.2 Å². The second-order valence-electron chi connectivity index (χ2n) is 6.40. The van der Waals surface area contributed by atoms with Crippen molar-refractivity contribution < 1.29 is 22.6 Å². The van der Waals surface area contributed by atoms with Crippen molar-refractivity contribution in [1.82, 2.24) is 9.80 Å². The molecular weight excluding hydrogens is 321 g/mol. The standard InChI is InChI=1S/C17H23F3N2O2/c18-17(19,20)24-15-5-3-14(4-6-15)12-21-7-9-22(10-8-21)13-16-2-1-11-23-16/h3-6,16H,1-2,7-13H2. The molecule has 134 valence electrons. The lowest BCUT2D eigenvalue weighted by atomic mass is 10.1. The van der Waals surface area contributed by atoms with Crippen molar-refractivity contribution >= 4 is 0 Å². The van der Waals surface area contributed by atoms with Crippen molar-refractivity contribution in [1.29, 1.82) is 0 Å². The molecule has 0 N–H and O–H groups in total. The summed E-state index contributed by atoms with van der Waals surface area (Å²) >= 11 is 0. The minimum atomic E-state index is -4.64. The highest BCUT2D eigenvalue weighted by atomic mass is 19.4. The Balaban J connectivity index is 1.42. The summed E-state index contributed by atoms with van der Waals surface area (Å²) in [6.45, 7) is 6.60. The number of ether oxygens (including phenoxy) is 2. The molecule has 2 heterocycles. The summed E-state index contributed by atoms with van der Waals surface area (Å²) in [5.74, 6) is -0.173. The minimum Gasteiger partial charge on any atom is -0.406 e. The van der Waals surface area contributed by atoms with Crippen LogP contribution in [0, 0.1) is 0 Å². The summed E-state index contributed by atoms with van der Waals surface area (Å²) in [6, 6.07) is 6.13. The highest BCUT2D eigenvalue weighted by Gasteiger charge is 2.31. The zero-order valence-corrected chi connectivity index (χ0v) is 13.6.